The van der Waals surface area contributed by atoms with Gasteiger partial charge in [-0.3, -0.25) is 4.79 Å². The van der Waals surface area contributed by atoms with E-state index in [1.165, 1.54) is 19.3 Å². The van der Waals surface area contributed by atoms with Gasteiger partial charge in [-0.15, -0.1) is 0 Å². The normalized spacial score (nSPS) is 26.0. The average molecular weight is 285 g/mol. The van der Waals surface area contributed by atoms with Gasteiger partial charge in [-0.2, -0.15) is 0 Å². The van der Waals surface area contributed by atoms with Gasteiger partial charge in [-0.05, 0) is 45.6 Å². The van der Waals surface area contributed by atoms with Crippen LogP contribution in [0, 0.1) is 5.92 Å². The predicted molar refractivity (Wildman–Crippen MR) is 80.7 cm³/mol. The highest BCUT2D eigenvalue weighted by Crippen LogP contribution is 2.26. The molecule has 0 bridgehead atoms. The second-order valence-corrected chi connectivity index (χ2v) is 6.00. The van der Waals surface area contributed by atoms with Gasteiger partial charge in [-0.25, -0.2) is 0 Å². The van der Waals surface area contributed by atoms with E-state index in [1.54, 1.807) is 0 Å². The van der Waals surface area contributed by atoms with Crippen molar-refractivity contribution in [3.05, 3.63) is 0 Å². The smallest absolute Gasteiger partial charge is 0.326 e. The first-order valence-corrected chi connectivity index (χ1v) is 8.07. The van der Waals surface area contributed by atoms with Gasteiger partial charge in [0.2, 0.25) is 0 Å². The molecule has 1 fully saturated rings. The molecule has 0 amide bonds. The Labute approximate surface area is 123 Å². The number of nitrogens with one attached hydrogen (secondary N) is 1. The summed E-state index contributed by atoms with van der Waals surface area (Å²) in [4.78, 5) is 12.1. The summed E-state index contributed by atoms with van der Waals surface area (Å²) in [6, 6.07) is 0. The van der Waals surface area contributed by atoms with Crippen molar-refractivity contribution in [1.82, 2.24) is 5.32 Å². The number of carbonyl (C=O) groups is 1. The van der Waals surface area contributed by atoms with Crippen molar-refractivity contribution in [2.75, 3.05) is 19.8 Å². The summed E-state index contributed by atoms with van der Waals surface area (Å²) in [5.41, 5.74) is -0.636. The number of hydrogen-bond acceptors (Lipinski definition) is 4. The molecule has 0 aromatic heterocycles. The van der Waals surface area contributed by atoms with Crippen LogP contribution in [0.3, 0.4) is 0 Å². The summed E-state index contributed by atoms with van der Waals surface area (Å²) >= 11 is 0. The third-order valence-corrected chi connectivity index (χ3v) is 4.26. The molecule has 0 aliphatic heterocycles. The van der Waals surface area contributed by atoms with Crippen molar-refractivity contribution in [1.29, 1.82) is 0 Å². The van der Waals surface area contributed by atoms with Crippen LogP contribution in [0.4, 0.5) is 0 Å². The number of likely N-dealkylation sites (N-methyl/N-ethyl adjacent to an activating group) is 1. The van der Waals surface area contributed by atoms with Gasteiger partial charge in [-0.1, -0.05) is 26.7 Å². The van der Waals surface area contributed by atoms with E-state index >= 15 is 0 Å². The van der Waals surface area contributed by atoms with Crippen LogP contribution >= 0.6 is 0 Å². The van der Waals surface area contributed by atoms with Crippen LogP contribution in [0.5, 0.6) is 0 Å². The Bertz CT molecular complexity index is 295. The Kier molecular flexibility index (Phi) is 7.52. The fourth-order valence-electron chi connectivity index (χ4n) is 2.89. The molecule has 0 aromatic rings. The van der Waals surface area contributed by atoms with E-state index in [9.17, 15) is 4.79 Å². The summed E-state index contributed by atoms with van der Waals surface area (Å²) in [6.07, 6.45) is 6.00. The third kappa shape index (κ3) is 5.06. The van der Waals surface area contributed by atoms with E-state index in [0.29, 0.717) is 31.7 Å². The summed E-state index contributed by atoms with van der Waals surface area (Å²) in [5, 5.41) is 3.24. The van der Waals surface area contributed by atoms with Crippen molar-refractivity contribution < 1.29 is 14.3 Å². The second kappa shape index (κ2) is 8.63. The molecule has 3 unspecified atom stereocenters. The predicted octanol–water partition coefficient (Wildman–Crippen LogP) is 2.90. The Morgan fingerprint density at radius 3 is 2.60 bits per heavy atom. The molecule has 0 heterocycles. The van der Waals surface area contributed by atoms with Gasteiger partial charge in [0.1, 0.15) is 5.54 Å². The number of carbonyl (C=O) groups excluding carboxylic acids is 1. The molecule has 0 saturated heterocycles. The van der Waals surface area contributed by atoms with E-state index < -0.39 is 5.54 Å². The molecule has 0 aromatic carbocycles. The Hall–Kier alpha value is -0.610. The van der Waals surface area contributed by atoms with Gasteiger partial charge in [0, 0.05) is 6.61 Å². The number of ether oxygens (including phenoxy) is 2. The molecule has 1 aliphatic rings. The fraction of sp³-hybridized carbons (Fsp3) is 0.938. The van der Waals surface area contributed by atoms with Crippen LogP contribution in [0.2, 0.25) is 0 Å². The molecule has 4 nitrogen and oxygen atoms in total. The molecular weight excluding hydrogens is 254 g/mol. The van der Waals surface area contributed by atoms with Crippen LogP contribution in [-0.2, 0) is 14.3 Å². The van der Waals surface area contributed by atoms with Gasteiger partial charge in [0.15, 0.2) is 0 Å². The Morgan fingerprint density at radius 2 is 2.00 bits per heavy atom. The maximum atomic E-state index is 12.1. The van der Waals surface area contributed by atoms with Crippen molar-refractivity contribution in [3.8, 4) is 0 Å². The fourth-order valence-corrected chi connectivity index (χ4v) is 2.89. The van der Waals surface area contributed by atoms with Crippen molar-refractivity contribution >= 4 is 5.97 Å². The van der Waals surface area contributed by atoms with Gasteiger partial charge in [0.05, 0.1) is 12.7 Å². The van der Waals surface area contributed by atoms with Gasteiger partial charge < -0.3 is 14.8 Å². The van der Waals surface area contributed by atoms with Crippen LogP contribution in [0.1, 0.15) is 59.8 Å². The monoisotopic (exact) mass is 285 g/mol. The molecule has 1 rings (SSSR count). The molecule has 4 heteroatoms. The molecule has 1 N–H and O–H groups in total. The maximum absolute atomic E-state index is 12.1. The zero-order valence-electron chi connectivity index (χ0n) is 13.5. The second-order valence-electron chi connectivity index (χ2n) is 6.00. The van der Waals surface area contributed by atoms with Crippen molar-refractivity contribution in [2.45, 2.75) is 71.4 Å². The van der Waals surface area contributed by atoms with Crippen LogP contribution in [-0.4, -0.2) is 37.4 Å². The molecule has 1 saturated carbocycles. The lowest BCUT2D eigenvalue weighted by atomic mass is 9.88. The van der Waals surface area contributed by atoms with E-state index in [1.807, 2.05) is 20.8 Å². The molecule has 3 atom stereocenters. The molecule has 1 aliphatic carbocycles. The van der Waals surface area contributed by atoms with Crippen LogP contribution in [0.25, 0.3) is 0 Å². The standard InChI is InChI=1S/C16H31NO3/c1-5-17-16(4,15(18)19-6-2)11-12-20-14-10-8-7-9-13(14)3/h13-14,17H,5-12H2,1-4H3. The highest BCUT2D eigenvalue weighted by molar-refractivity contribution is 5.80. The summed E-state index contributed by atoms with van der Waals surface area (Å²) in [7, 11) is 0. The minimum Gasteiger partial charge on any atom is -0.465 e. The van der Waals surface area contributed by atoms with E-state index in [4.69, 9.17) is 9.47 Å². The lowest BCUT2D eigenvalue weighted by Crippen LogP contribution is -2.51. The summed E-state index contributed by atoms with van der Waals surface area (Å²) < 4.78 is 11.2. The van der Waals surface area contributed by atoms with Crippen molar-refractivity contribution in [2.24, 2.45) is 5.92 Å². The SMILES string of the molecule is CCNC(C)(CCOC1CCCCC1C)C(=O)OCC. The number of rotatable bonds is 8. The minimum absolute atomic E-state index is 0.179. The molecule has 20 heavy (non-hydrogen) atoms. The first kappa shape index (κ1) is 17.4. The first-order valence-electron chi connectivity index (χ1n) is 8.07. The molecule has 0 spiro atoms. The maximum Gasteiger partial charge on any atom is 0.326 e. The number of esters is 1. The summed E-state index contributed by atoms with van der Waals surface area (Å²) in [6.45, 7) is 9.78. The summed E-state index contributed by atoms with van der Waals surface area (Å²) in [5.74, 6) is 0.457. The van der Waals surface area contributed by atoms with Crippen LogP contribution < -0.4 is 5.32 Å². The number of hydrogen-bond donors (Lipinski definition) is 1. The highest BCUT2D eigenvalue weighted by atomic mass is 16.5. The Morgan fingerprint density at radius 1 is 1.30 bits per heavy atom. The lowest BCUT2D eigenvalue weighted by Gasteiger charge is -2.32. The van der Waals surface area contributed by atoms with E-state index in [-0.39, 0.29) is 5.97 Å². The molecule has 0 radical (unpaired) electrons. The molecule has 118 valence electrons. The third-order valence-electron chi connectivity index (χ3n) is 4.26. The lowest BCUT2D eigenvalue weighted by molar-refractivity contribution is -0.151. The highest BCUT2D eigenvalue weighted by Gasteiger charge is 2.34. The largest absolute Gasteiger partial charge is 0.465 e. The first-order chi connectivity index (χ1) is 9.53. The average Bonchev–Trinajstić information content (AvgIpc) is 2.41. The quantitative estimate of drug-likeness (QED) is 0.697. The molecular formula is C16H31NO3. The van der Waals surface area contributed by atoms with E-state index in [0.717, 1.165) is 13.0 Å². The van der Waals surface area contributed by atoms with Gasteiger partial charge >= 0.3 is 5.97 Å². The minimum atomic E-state index is -0.636. The topological polar surface area (TPSA) is 47.6 Å². The van der Waals surface area contributed by atoms with Crippen molar-refractivity contribution in [3.63, 3.8) is 0 Å². The van der Waals surface area contributed by atoms with Gasteiger partial charge in [0.25, 0.3) is 0 Å². The van der Waals surface area contributed by atoms with Crippen LogP contribution in [0.15, 0.2) is 0 Å². The zero-order valence-corrected chi connectivity index (χ0v) is 13.5. The zero-order chi connectivity index (χ0) is 15.0. The Balaban J connectivity index is 2.43. The van der Waals surface area contributed by atoms with E-state index in [2.05, 4.69) is 12.2 Å².